The van der Waals surface area contributed by atoms with Gasteiger partial charge in [-0.05, 0) is 23.8 Å². The zero-order valence-electron chi connectivity index (χ0n) is 11.7. The van der Waals surface area contributed by atoms with E-state index in [9.17, 15) is 15.0 Å². The van der Waals surface area contributed by atoms with Crippen LogP contribution in [0.5, 0.6) is 0 Å². The Kier molecular flexibility index (Phi) is 2.81. The third kappa shape index (κ3) is 1.44. The normalized spacial score (nSPS) is 48.2. The van der Waals surface area contributed by atoms with Crippen LogP contribution < -0.4 is 0 Å². The first-order chi connectivity index (χ1) is 8.92. The summed E-state index contributed by atoms with van der Waals surface area (Å²) >= 11 is 0. The van der Waals surface area contributed by atoms with Gasteiger partial charge < -0.3 is 14.9 Å². The second-order valence-corrected chi connectivity index (χ2v) is 6.71. The Morgan fingerprint density at radius 1 is 1.53 bits per heavy atom. The number of ether oxygens (including phenoxy) is 1. The largest absolute Gasteiger partial charge is 0.459 e. The van der Waals surface area contributed by atoms with Crippen molar-refractivity contribution in [3.8, 4) is 0 Å². The fourth-order valence-corrected chi connectivity index (χ4v) is 4.63. The van der Waals surface area contributed by atoms with E-state index in [4.69, 9.17) is 4.74 Å². The molecule has 3 rings (SSSR count). The molecule has 0 spiro atoms. The first kappa shape index (κ1) is 13.1. The summed E-state index contributed by atoms with van der Waals surface area (Å²) in [5.74, 6) is 0.150. The maximum atomic E-state index is 12.2. The molecule has 106 valence electrons. The molecule has 0 aromatic heterocycles. The van der Waals surface area contributed by atoms with Crippen molar-refractivity contribution in [3.63, 3.8) is 0 Å². The molecule has 0 amide bonds. The van der Waals surface area contributed by atoms with Gasteiger partial charge in [0, 0.05) is 11.3 Å². The molecule has 2 aliphatic carbocycles. The second-order valence-electron chi connectivity index (χ2n) is 6.71. The lowest BCUT2D eigenvalue weighted by atomic mass is 9.55. The average Bonchev–Trinajstić information content (AvgIpc) is 2.84. The molecular formula is C15H22O4. The van der Waals surface area contributed by atoms with Gasteiger partial charge in [-0.1, -0.05) is 26.8 Å². The standard InChI is InChI=1S/C15H22O4/c1-7(2)10-11-9-5-4-8(6-16)15(9,3)13(17)12(10)19-14(11)18/h4,7,9-13,16-17H,5-6H2,1-3H3/t9-,10-,11+,12+,13+,15-/m1/s1. The van der Waals surface area contributed by atoms with Crippen LogP contribution in [0.25, 0.3) is 0 Å². The number of carbonyl (C=O) groups is 1. The fraction of sp³-hybridized carbons (Fsp3) is 0.800. The Hall–Kier alpha value is -0.870. The van der Waals surface area contributed by atoms with E-state index in [0.717, 1.165) is 12.0 Å². The summed E-state index contributed by atoms with van der Waals surface area (Å²) in [6.07, 6.45) is 1.61. The fourth-order valence-electron chi connectivity index (χ4n) is 4.63. The quantitative estimate of drug-likeness (QED) is 0.580. The van der Waals surface area contributed by atoms with Crippen molar-refractivity contribution in [1.29, 1.82) is 0 Å². The van der Waals surface area contributed by atoms with Crippen molar-refractivity contribution in [1.82, 2.24) is 0 Å². The van der Waals surface area contributed by atoms with Gasteiger partial charge in [0.2, 0.25) is 0 Å². The zero-order chi connectivity index (χ0) is 13.9. The summed E-state index contributed by atoms with van der Waals surface area (Å²) in [5.41, 5.74) is 0.349. The molecule has 3 aliphatic rings. The highest BCUT2D eigenvalue weighted by molar-refractivity contribution is 5.77. The number of aliphatic hydroxyl groups is 2. The molecule has 2 bridgehead atoms. The molecule has 1 saturated heterocycles. The van der Waals surface area contributed by atoms with Gasteiger partial charge in [0.25, 0.3) is 0 Å². The van der Waals surface area contributed by atoms with E-state index in [1.165, 1.54) is 0 Å². The van der Waals surface area contributed by atoms with Gasteiger partial charge in [0.15, 0.2) is 0 Å². The number of fused-ring (bicyclic) bond motifs is 4. The van der Waals surface area contributed by atoms with Crippen LogP contribution in [-0.4, -0.2) is 35.0 Å². The maximum absolute atomic E-state index is 12.2. The van der Waals surface area contributed by atoms with Crippen LogP contribution in [0.4, 0.5) is 0 Å². The van der Waals surface area contributed by atoms with Gasteiger partial charge in [0.05, 0.1) is 12.5 Å². The molecule has 1 saturated carbocycles. The number of hydrogen-bond acceptors (Lipinski definition) is 4. The molecule has 0 unspecified atom stereocenters. The van der Waals surface area contributed by atoms with Crippen molar-refractivity contribution < 1.29 is 19.7 Å². The summed E-state index contributed by atoms with van der Waals surface area (Å²) in [5, 5.41) is 20.3. The number of allylic oxidation sites excluding steroid dienone is 1. The lowest BCUT2D eigenvalue weighted by molar-refractivity contribution is -0.147. The third-order valence-electron chi connectivity index (χ3n) is 5.70. The average molecular weight is 266 g/mol. The predicted octanol–water partition coefficient (Wildman–Crippen LogP) is 1.12. The minimum atomic E-state index is -0.714. The van der Waals surface area contributed by atoms with Crippen molar-refractivity contribution in [3.05, 3.63) is 11.6 Å². The Bertz CT molecular complexity index is 441. The van der Waals surface area contributed by atoms with Gasteiger partial charge in [-0.2, -0.15) is 0 Å². The second kappa shape index (κ2) is 4.06. The van der Waals surface area contributed by atoms with Gasteiger partial charge >= 0.3 is 5.97 Å². The van der Waals surface area contributed by atoms with Crippen LogP contribution in [0, 0.1) is 29.1 Å². The molecule has 1 heterocycles. The lowest BCUT2D eigenvalue weighted by Gasteiger charge is -2.48. The number of esters is 1. The summed E-state index contributed by atoms with van der Waals surface area (Å²) in [6, 6.07) is 0. The van der Waals surface area contributed by atoms with Gasteiger partial charge in [-0.3, -0.25) is 4.79 Å². The number of aliphatic hydroxyl groups excluding tert-OH is 2. The van der Waals surface area contributed by atoms with Crippen molar-refractivity contribution in [2.24, 2.45) is 29.1 Å². The molecule has 0 radical (unpaired) electrons. The molecular weight excluding hydrogens is 244 g/mol. The summed E-state index contributed by atoms with van der Waals surface area (Å²) in [4.78, 5) is 12.2. The maximum Gasteiger partial charge on any atom is 0.310 e. The summed E-state index contributed by atoms with van der Waals surface area (Å²) in [7, 11) is 0. The number of hydrogen-bond donors (Lipinski definition) is 2. The van der Waals surface area contributed by atoms with Crippen LogP contribution in [0.2, 0.25) is 0 Å². The van der Waals surface area contributed by atoms with Crippen LogP contribution in [0.15, 0.2) is 11.6 Å². The van der Waals surface area contributed by atoms with Crippen LogP contribution >= 0.6 is 0 Å². The molecule has 2 fully saturated rings. The Labute approximate surface area is 113 Å². The molecule has 19 heavy (non-hydrogen) atoms. The van der Waals surface area contributed by atoms with E-state index in [1.807, 2.05) is 13.0 Å². The van der Waals surface area contributed by atoms with Crippen molar-refractivity contribution >= 4 is 5.97 Å². The third-order valence-corrected chi connectivity index (χ3v) is 5.70. The molecule has 4 nitrogen and oxygen atoms in total. The van der Waals surface area contributed by atoms with E-state index in [1.54, 1.807) is 0 Å². The molecule has 0 aromatic carbocycles. The van der Waals surface area contributed by atoms with E-state index >= 15 is 0 Å². The number of rotatable bonds is 2. The highest BCUT2D eigenvalue weighted by atomic mass is 16.6. The Balaban J connectivity index is 2.06. The molecule has 1 aliphatic heterocycles. The molecule has 2 N–H and O–H groups in total. The first-order valence-corrected chi connectivity index (χ1v) is 7.11. The van der Waals surface area contributed by atoms with Gasteiger partial charge in [0.1, 0.15) is 12.2 Å². The highest BCUT2D eigenvalue weighted by Crippen LogP contribution is 2.60. The molecule has 4 heteroatoms. The van der Waals surface area contributed by atoms with Crippen LogP contribution in [0.3, 0.4) is 0 Å². The smallest absolute Gasteiger partial charge is 0.310 e. The summed E-state index contributed by atoms with van der Waals surface area (Å²) < 4.78 is 5.47. The van der Waals surface area contributed by atoms with Crippen LogP contribution in [-0.2, 0) is 9.53 Å². The van der Waals surface area contributed by atoms with E-state index < -0.39 is 17.6 Å². The minimum absolute atomic E-state index is 0.0516. The SMILES string of the molecule is CC(C)[C@H]1[C@@H]2OC(=O)[C@H]1[C@H]1CC=C(CO)[C@@]1(C)[C@H]2O. The predicted molar refractivity (Wildman–Crippen MR) is 69.1 cm³/mol. The zero-order valence-corrected chi connectivity index (χ0v) is 11.7. The summed E-state index contributed by atoms with van der Waals surface area (Å²) in [6.45, 7) is 6.08. The monoisotopic (exact) mass is 266 g/mol. The van der Waals surface area contributed by atoms with E-state index in [0.29, 0.717) is 5.92 Å². The lowest BCUT2D eigenvalue weighted by Crippen LogP contribution is -2.55. The van der Waals surface area contributed by atoms with Gasteiger partial charge in [-0.15, -0.1) is 0 Å². The topological polar surface area (TPSA) is 66.8 Å². The number of carbonyl (C=O) groups excluding carboxylic acids is 1. The first-order valence-electron chi connectivity index (χ1n) is 7.11. The highest BCUT2D eigenvalue weighted by Gasteiger charge is 2.66. The molecule has 6 atom stereocenters. The Morgan fingerprint density at radius 2 is 2.21 bits per heavy atom. The van der Waals surface area contributed by atoms with Crippen molar-refractivity contribution in [2.45, 2.75) is 39.4 Å². The van der Waals surface area contributed by atoms with Gasteiger partial charge in [-0.25, -0.2) is 0 Å². The Morgan fingerprint density at radius 3 is 2.79 bits per heavy atom. The van der Waals surface area contributed by atoms with E-state index in [-0.39, 0.29) is 30.3 Å². The molecule has 0 aromatic rings. The van der Waals surface area contributed by atoms with Crippen molar-refractivity contribution in [2.75, 3.05) is 6.61 Å². The van der Waals surface area contributed by atoms with Crippen LogP contribution in [0.1, 0.15) is 27.2 Å². The van der Waals surface area contributed by atoms with E-state index in [2.05, 4.69) is 13.8 Å². The minimum Gasteiger partial charge on any atom is -0.459 e.